The maximum Gasteiger partial charge on any atom is 0.270 e. The number of carbonyl (C=O) groups is 1. The van der Waals surface area contributed by atoms with Crippen LogP contribution in [0.2, 0.25) is 0 Å². The predicted octanol–water partition coefficient (Wildman–Crippen LogP) is 4.40. The Morgan fingerprint density at radius 3 is 2.59 bits per heavy atom. The largest absolute Gasteiger partial charge is 0.457 e. The van der Waals surface area contributed by atoms with Gasteiger partial charge in [0.15, 0.2) is 0 Å². The maximum absolute atomic E-state index is 12.2. The molecule has 0 radical (unpaired) electrons. The second-order valence-corrected chi connectivity index (χ2v) is 5.50. The number of furan rings is 1. The molecule has 1 heterocycles. The molecule has 0 fully saturated rings. The zero-order valence-electron chi connectivity index (χ0n) is 14.0. The lowest BCUT2D eigenvalue weighted by atomic mass is 10.1. The van der Waals surface area contributed by atoms with E-state index in [2.05, 4.69) is 5.32 Å². The molecule has 132 valence electrons. The fraction of sp³-hybridized carbons (Fsp3) is 0. The molecule has 2 aromatic carbocycles. The van der Waals surface area contributed by atoms with Gasteiger partial charge in [-0.3, -0.25) is 14.9 Å². The van der Waals surface area contributed by atoms with Crippen LogP contribution in [0.25, 0.3) is 17.4 Å². The molecule has 0 spiro atoms. The Kier molecular flexibility index (Phi) is 5.10. The van der Waals surface area contributed by atoms with E-state index in [-0.39, 0.29) is 17.0 Å². The van der Waals surface area contributed by atoms with Gasteiger partial charge in [0.2, 0.25) is 0 Å². The van der Waals surface area contributed by atoms with Gasteiger partial charge in [0.25, 0.3) is 11.6 Å². The molecule has 7 nitrogen and oxygen atoms in total. The summed E-state index contributed by atoms with van der Waals surface area (Å²) in [5.74, 6) is 0.124. The van der Waals surface area contributed by atoms with Gasteiger partial charge in [-0.15, -0.1) is 0 Å². The molecule has 3 aromatic rings. The predicted molar refractivity (Wildman–Crippen MR) is 99.5 cm³/mol. The highest BCUT2D eigenvalue weighted by Gasteiger charge is 2.13. The molecule has 0 aliphatic rings. The van der Waals surface area contributed by atoms with E-state index in [4.69, 9.17) is 4.42 Å². The van der Waals surface area contributed by atoms with E-state index in [1.807, 2.05) is 12.1 Å². The Morgan fingerprint density at radius 1 is 1.11 bits per heavy atom. The van der Waals surface area contributed by atoms with Crippen LogP contribution >= 0.6 is 0 Å². The van der Waals surface area contributed by atoms with Crippen molar-refractivity contribution in [2.24, 2.45) is 0 Å². The molecule has 0 bridgehead atoms. The fourth-order valence-corrected chi connectivity index (χ4v) is 2.37. The van der Waals surface area contributed by atoms with Crippen LogP contribution in [0, 0.1) is 21.4 Å². The summed E-state index contributed by atoms with van der Waals surface area (Å²) >= 11 is 0. The number of nitriles is 1. The molecular formula is C20H13N3O4. The summed E-state index contributed by atoms with van der Waals surface area (Å²) in [5.41, 5.74) is 0.913. The number of anilines is 1. The topological polar surface area (TPSA) is 109 Å². The van der Waals surface area contributed by atoms with Crippen LogP contribution in [0.4, 0.5) is 11.4 Å². The molecule has 0 saturated heterocycles. The highest BCUT2D eigenvalue weighted by molar-refractivity contribution is 6.09. The van der Waals surface area contributed by atoms with Crippen molar-refractivity contribution in [3.8, 4) is 17.4 Å². The first kappa shape index (κ1) is 17.6. The Hall–Kier alpha value is -4.18. The standard InChI is InChI=1S/C20H13N3O4/c21-13-15(20(24)22-16-6-2-1-3-7-16)12-18-9-10-19(27-18)14-5-4-8-17(11-14)23(25)26/h1-12H,(H,22,24). The molecule has 0 saturated carbocycles. The van der Waals surface area contributed by atoms with E-state index in [1.54, 1.807) is 48.5 Å². The number of nitro benzene ring substituents is 1. The minimum absolute atomic E-state index is 0.0547. The molecule has 0 atom stereocenters. The van der Waals surface area contributed by atoms with E-state index in [9.17, 15) is 20.2 Å². The number of rotatable bonds is 5. The Morgan fingerprint density at radius 2 is 1.89 bits per heavy atom. The Bertz CT molecular complexity index is 1060. The maximum atomic E-state index is 12.2. The van der Waals surface area contributed by atoms with E-state index >= 15 is 0 Å². The summed E-state index contributed by atoms with van der Waals surface area (Å²) in [4.78, 5) is 22.6. The summed E-state index contributed by atoms with van der Waals surface area (Å²) in [7, 11) is 0. The fourth-order valence-electron chi connectivity index (χ4n) is 2.37. The molecule has 0 aliphatic heterocycles. The third kappa shape index (κ3) is 4.27. The molecule has 1 aromatic heterocycles. The number of hydrogen-bond acceptors (Lipinski definition) is 5. The number of benzene rings is 2. The number of nitrogens with zero attached hydrogens (tertiary/aromatic N) is 2. The number of carbonyl (C=O) groups excluding carboxylic acids is 1. The van der Waals surface area contributed by atoms with Crippen molar-refractivity contribution in [2.45, 2.75) is 0 Å². The van der Waals surface area contributed by atoms with Gasteiger partial charge in [-0.2, -0.15) is 5.26 Å². The van der Waals surface area contributed by atoms with Crippen LogP contribution in [-0.4, -0.2) is 10.8 Å². The first-order valence-corrected chi connectivity index (χ1v) is 7.89. The molecule has 7 heteroatoms. The van der Waals surface area contributed by atoms with Gasteiger partial charge in [-0.25, -0.2) is 0 Å². The second kappa shape index (κ2) is 7.80. The Balaban J connectivity index is 1.82. The van der Waals surface area contributed by atoms with Gasteiger partial charge in [0, 0.05) is 29.5 Å². The van der Waals surface area contributed by atoms with Crippen molar-refractivity contribution in [1.29, 1.82) is 5.26 Å². The number of amides is 1. The van der Waals surface area contributed by atoms with Crippen LogP contribution in [0.5, 0.6) is 0 Å². The van der Waals surface area contributed by atoms with E-state index in [0.717, 1.165) is 0 Å². The van der Waals surface area contributed by atoms with Crippen LogP contribution < -0.4 is 5.32 Å². The van der Waals surface area contributed by atoms with Crippen LogP contribution in [0.1, 0.15) is 5.76 Å². The average molecular weight is 359 g/mol. The van der Waals surface area contributed by atoms with Crippen LogP contribution in [-0.2, 0) is 4.79 Å². The van der Waals surface area contributed by atoms with Gasteiger partial charge in [-0.1, -0.05) is 30.3 Å². The van der Waals surface area contributed by atoms with E-state index < -0.39 is 10.8 Å². The number of nitro groups is 1. The number of non-ortho nitro benzene ring substituents is 1. The quantitative estimate of drug-likeness (QED) is 0.314. The summed E-state index contributed by atoms with van der Waals surface area (Å²) in [6.45, 7) is 0. The van der Waals surface area contributed by atoms with Crippen LogP contribution in [0.3, 0.4) is 0 Å². The third-order valence-electron chi connectivity index (χ3n) is 3.65. The zero-order valence-corrected chi connectivity index (χ0v) is 14.0. The molecule has 27 heavy (non-hydrogen) atoms. The molecule has 0 aliphatic carbocycles. The van der Waals surface area contributed by atoms with Gasteiger partial charge in [0.1, 0.15) is 23.2 Å². The van der Waals surface area contributed by atoms with E-state index in [0.29, 0.717) is 17.0 Å². The number of hydrogen-bond donors (Lipinski definition) is 1. The average Bonchev–Trinajstić information content (AvgIpc) is 3.15. The van der Waals surface area contributed by atoms with Gasteiger partial charge < -0.3 is 9.73 Å². The molecule has 3 rings (SSSR count). The molecule has 1 N–H and O–H groups in total. The third-order valence-corrected chi connectivity index (χ3v) is 3.65. The lowest BCUT2D eigenvalue weighted by Gasteiger charge is -2.03. The number of para-hydroxylation sites is 1. The monoisotopic (exact) mass is 359 g/mol. The van der Waals surface area contributed by atoms with Crippen molar-refractivity contribution in [1.82, 2.24) is 0 Å². The summed E-state index contributed by atoms with van der Waals surface area (Å²) in [6.07, 6.45) is 1.32. The lowest BCUT2D eigenvalue weighted by molar-refractivity contribution is -0.384. The normalized spacial score (nSPS) is 10.9. The van der Waals surface area contributed by atoms with Crippen molar-refractivity contribution in [3.05, 3.63) is 88.2 Å². The summed E-state index contributed by atoms with van der Waals surface area (Å²) in [5, 5.41) is 22.8. The molecular weight excluding hydrogens is 346 g/mol. The highest BCUT2D eigenvalue weighted by atomic mass is 16.6. The SMILES string of the molecule is N#CC(=Cc1ccc(-c2cccc([N+](=O)[O-])c2)o1)C(=O)Nc1ccccc1. The van der Waals surface area contributed by atoms with Crippen molar-refractivity contribution < 1.29 is 14.1 Å². The smallest absolute Gasteiger partial charge is 0.270 e. The molecule has 1 amide bonds. The molecule has 0 unspecified atom stereocenters. The summed E-state index contributed by atoms with van der Waals surface area (Å²) < 4.78 is 5.61. The van der Waals surface area contributed by atoms with E-state index in [1.165, 1.54) is 18.2 Å². The number of nitrogens with one attached hydrogen (secondary N) is 1. The van der Waals surface area contributed by atoms with Gasteiger partial charge in [0.05, 0.1) is 4.92 Å². The Labute approximate surface area is 154 Å². The lowest BCUT2D eigenvalue weighted by Crippen LogP contribution is -2.13. The highest BCUT2D eigenvalue weighted by Crippen LogP contribution is 2.26. The van der Waals surface area contributed by atoms with Gasteiger partial charge in [-0.05, 0) is 24.3 Å². The first-order valence-electron chi connectivity index (χ1n) is 7.89. The van der Waals surface area contributed by atoms with Gasteiger partial charge >= 0.3 is 0 Å². The minimum Gasteiger partial charge on any atom is -0.457 e. The van der Waals surface area contributed by atoms with Crippen LogP contribution in [0.15, 0.2) is 76.7 Å². The van der Waals surface area contributed by atoms with Crippen molar-refractivity contribution in [3.63, 3.8) is 0 Å². The second-order valence-electron chi connectivity index (χ2n) is 5.50. The first-order chi connectivity index (χ1) is 13.1. The summed E-state index contributed by atoms with van der Waals surface area (Å²) in [6, 6.07) is 19.8. The van der Waals surface area contributed by atoms with Crippen molar-refractivity contribution in [2.75, 3.05) is 5.32 Å². The van der Waals surface area contributed by atoms with Crippen molar-refractivity contribution >= 4 is 23.4 Å². The zero-order chi connectivity index (χ0) is 19.2. The minimum atomic E-state index is -0.558.